The van der Waals surface area contributed by atoms with Gasteiger partial charge in [-0.1, -0.05) is 28.6 Å². The molecule has 126 valence electrons. The summed E-state index contributed by atoms with van der Waals surface area (Å²) in [7, 11) is 0. The predicted octanol–water partition coefficient (Wildman–Crippen LogP) is 3.66. The van der Waals surface area contributed by atoms with Crippen LogP contribution in [-0.4, -0.2) is 15.4 Å². The van der Waals surface area contributed by atoms with Crippen LogP contribution in [-0.2, 0) is 6.54 Å². The second-order valence-electron chi connectivity index (χ2n) is 5.39. The molecule has 25 heavy (non-hydrogen) atoms. The van der Waals surface area contributed by atoms with Crippen molar-refractivity contribution in [3.05, 3.63) is 55.2 Å². The summed E-state index contributed by atoms with van der Waals surface area (Å²) in [5, 5.41) is 10.7. The van der Waals surface area contributed by atoms with Crippen molar-refractivity contribution in [2.75, 3.05) is 0 Å². The minimum absolute atomic E-state index is 0.0855. The van der Waals surface area contributed by atoms with E-state index in [9.17, 15) is 14.9 Å². The van der Waals surface area contributed by atoms with Crippen LogP contribution in [0, 0.1) is 36.3 Å². The summed E-state index contributed by atoms with van der Waals surface area (Å²) in [5.74, 6) is 2.07. The Balaban J connectivity index is 2.14. The van der Waals surface area contributed by atoms with Crippen LogP contribution >= 0.6 is 22.7 Å². The highest BCUT2D eigenvalue weighted by atomic mass is 32.1. The Morgan fingerprint density at radius 1 is 1.32 bits per heavy atom. The number of thiophene rings is 1. The lowest BCUT2D eigenvalue weighted by atomic mass is 10.1. The van der Waals surface area contributed by atoms with Crippen molar-refractivity contribution >= 4 is 43.8 Å². The summed E-state index contributed by atoms with van der Waals surface area (Å²) < 4.78 is 2.80. The first kappa shape index (κ1) is 17.1. The summed E-state index contributed by atoms with van der Waals surface area (Å²) in [6.45, 7) is 4.32. The minimum atomic E-state index is -0.523. The molecule has 1 aromatic carbocycles. The largest absolute Gasteiger partial charge is 0.324 e. The highest BCUT2D eigenvalue weighted by molar-refractivity contribution is 7.17. The van der Waals surface area contributed by atoms with Gasteiger partial charge >= 0.3 is 5.00 Å². The summed E-state index contributed by atoms with van der Waals surface area (Å²) in [5.41, 5.74) is 3.20. The van der Waals surface area contributed by atoms with Crippen molar-refractivity contribution in [1.82, 2.24) is 4.57 Å². The minimum Gasteiger partial charge on any atom is -0.305 e. The van der Waals surface area contributed by atoms with Crippen molar-refractivity contribution in [2.24, 2.45) is 4.99 Å². The fourth-order valence-corrected chi connectivity index (χ4v) is 4.15. The first-order valence-electron chi connectivity index (χ1n) is 7.28. The smallest absolute Gasteiger partial charge is 0.305 e. The quantitative estimate of drug-likeness (QED) is 0.400. The van der Waals surface area contributed by atoms with E-state index in [1.807, 2.05) is 30.5 Å². The molecule has 0 aliphatic carbocycles. The molecule has 0 aliphatic rings. The lowest BCUT2D eigenvalue weighted by Gasteiger charge is -2.03. The van der Waals surface area contributed by atoms with Crippen molar-refractivity contribution < 1.29 is 9.72 Å². The molecular weight excluding hydrogens is 358 g/mol. The van der Waals surface area contributed by atoms with Crippen LogP contribution in [0.25, 0.3) is 10.2 Å². The fraction of sp³-hybridized carbons (Fsp3) is 0.176. The second-order valence-corrected chi connectivity index (χ2v) is 7.46. The number of carbonyl (C=O) groups is 1. The number of fused-ring (bicyclic) bond motifs is 1. The Morgan fingerprint density at radius 2 is 2.04 bits per heavy atom. The number of nitro groups is 1. The molecule has 0 bridgehead atoms. The number of aryl methyl sites for hydroxylation is 2. The van der Waals surface area contributed by atoms with E-state index in [-0.39, 0.29) is 9.88 Å². The second kappa shape index (κ2) is 6.63. The molecule has 0 aliphatic heterocycles. The molecular formula is C17H13N3O3S2. The maximum absolute atomic E-state index is 12.4. The summed E-state index contributed by atoms with van der Waals surface area (Å²) in [6, 6.07) is 6.79. The number of nitrogens with zero attached hydrogens (tertiary/aromatic N) is 3. The van der Waals surface area contributed by atoms with Gasteiger partial charge in [0.25, 0.3) is 5.91 Å². The van der Waals surface area contributed by atoms with Crippen molar-refractivity contribution in [1.29, 1.82) is 0 Å². The van der Waals surface area contributed by atoms with Crippen LogP contribution in [0.3, 0.4) is 0 Å². The first-order valence-corrected chi connectivity index (χ1v) is 8.91. The van der Waals surface area contributed by atoms with E-state index >= 15 is 0 Å². The zero-order valence-electron chi connectivity index (χ0n) is 13.5. The zero-order valence-corrected chi connectivity index (χ0v) is 15.1. The Kier molecular flexibility index (Phi) is 4.53. The number of hydrogen-bond donors (Lipinski definition) is 0. The van der Waals surface area contributed by atoms with E-state index in [0.29, 0.717) is 11.3 Å². The molecule has 6 nitrogen and oxygen atoms in total. The van der Waals surface area contributed by atoms with Crippen molar-refractivity contribution in [3.8, 4) is 12.3 Å². The molecule has 1 amide bonds. The normalized spacial score (nSPS) is 11.6. The molecule has 0 spiro atoms. The molecule has 8 heteroatoms. The lowest BCUT2D eigenvalue weighted by Crippen LogP contribution is -2.16. The molecule has 0 radical (unpaired) electrons. The summed E-state index contributed by atoms with van der Waals surface area (Å²) in [4.78, 5) is 27.5. The van der Waals surface area contributed by atoms with Crippen LogP contribution in [0.15, 0.2) is 29.3 Å². The van der Waals surface area contributed by atoms with Gasteiger partial charge in [-0.2, -0.15) is 4.99 Å². The van der Waals surface area contributed by atoms with Crippen molar-refractivity contribution in [3.63, 3.8) is 0 Å². The molecule has 3 rings (SSSR count). The van der Waals surface area contributed by atoms with Crippen LogP contribution in [0.4, 0.5) is 5.00 Å². The number of carbonyl (C=O) groups excluding carboxylic acids is 1. The highest BCUT2D eigenvalue weighted by Crippen LogP contribution is 2.25. The number of aromatic nitrogens is 1. The molecule has 0 saturated carbocycles. The molecule has 2 aromatic heterocycles. The van der Waals surface area contributed by atoms with Crippen LogP contribution in [0.5, 0.6) is 0 Å². The van der Waals surface area contributed by atoms with Gasteiger partial charge in [-0.05, 0) is 43.2 Å². The monoisotopic (exact) mass is 371 g/mol. The Bertz CT molecular complexity index is 1110. The Labute approximate surface area is 151 Å². The molecule has 0 saturated heterocycles. The third kappa shape index (κ3) is 3.24. The molecule has 0 fully saturated rings. The maximum Gasteiger partial charge on any atom is 0.324 e. The van der Waals surface area contributed by atoms with E-state index in [0.717, 1.165) is 32.7 Å². The number of amides is 1. The third-order valence-corrected chi connectivity index (χ3v) is 5.79. The van der Waals surface area contributed by atoms with E-state index in [1.54, 1.807) is 0 Å². The van der Waals surface area contributed by atoms with Gasteiger partial charge in [-0.15, -0.1) is 6.42 Å². The van der Waals surface area contributed by atoms with Crippen LogP contribution in [0.1, 0.15) is 20.8 Å². The predicted molar refractivity (Wildman–Crippen MR) is 99.0 cm³/mol. The number of hydrogen-bond acceptors (Lipinski definition) is 5. The highest BCUT2D eigenvalue weighted by Gasteiger charge is 2.16. The number of rotatable bonds is 3. The molecule has 0 N–H and O–H groups in total. The van der Waals surface area contributed by atoms with Gasteiger partial charge in [0.2, 0.25) is 0 Å². The standard InChI is InChI=1S/C17H13N3O3S2/c1-4-7-19-12-8-10(2)11(3)9-14(12)25-17(19)18-16(21)13-5-6-15(24-13)20(22)23/h1,5-6,8-9H,7H2,2-3H3. The first-order chi connectivity index (χ1) is 11.9. The van der Waals surface area contributed by atoms with Gasteiger partial charge in [-0.25, -0.2) is 0 Å². The maximum atomic E-state index is 12.4. The van der Waals surface area contributed by atoms with Gasteiger partial charge in [0.15, 0.2) is 4.80 Å². The number of thiazole rings is 1. The average Bonchev–Trinajstić information content (AvgIpc) is 3.16. The van der Waals surface area contributed by atoms with E-state index < -0.39 is 10.8 Å². The Morgan fingerprint density at radius 3 is 2.68 bits per heavy atom. The van der Waals surface area contributed by atoms with Gasteiger partial charge in [-0.3, -0.25) is 14.9 Å². The lowest BCUT2D eigenvalue weighted by molar-refractivity contribution is -0.380. The Hall–Kier alpha value is -2.76. The fourth-order valence-electron chi connectivity index (χ4n) is 2.33. The average molecular weight is 371 g/mol. The zero-order chi connectivity index (χ0) is 18.1. The van der Waals surface area contributed by atoms with E-state index in [2.05, 4.69) is 10.9 Å². The van der Waals surface area contributed by atoms with Gasteiger partial charge in [0, 0.05) is 6.07 Å². The summed E-state index contributed by atoms with van der Waals surface area (Å²) in [6.07, 6.45) is 5.46. The van der Waals surface area contributed by atoms with Crippen molar-refractivity contribution in [2.45, 2.75) is 20.4 Å². The summed E-state index contributed by atoms with van der Waals surface area (Å²) >= 11 is 2.19. The molecule has 0 unspecified atom stereocenters. The molecule has 0 atom stereocenters. The van der Waals surface area contributed by atoms with Gasteiger partial charge in [0.05, 0.1) is 21.7 Å². The van der Waals surface area contributed by atoms with E-state index in [4.69, 9.17) is 6.42 Å². The SMILES string of the molecule is C#CCn1c(=NC(=O)c2ccc([N+](=O)[O-])s2)sc2cc(C)c(C)cc21. The number of terminal acetylenes is 1. The van der Waals surface area contributed by atoms with Crippen LogP contribution in [0.2, 0.25) is 0 Å². The van der Waals surface area contributed by atoms with Gasteiger partial charge in [0.1, 0.15) is 4.88 Å². The topological polar surface area (TPSA) is 77.5 Å². The van der Waals surface area contributed by atoms with Gasteiger partial charge < -0.3 is 4.57 Å². The third-order valence-electron chi connectivity index (χ3n) is 3.73. The number of benzene rings is 1. The molecule has 2 heterocycles. The molecule has 3 aromatic rings. The van der Waals surface area contributed by atoms with E-state index in [1.165, 1.54) is 23.5 Å². The van der Waals surface area contributed by atoms with Crippen LogP contribution < -0.4 is 4.80 Å².